The quantitative estimate of drug-likeness (QED) is 0.738. The monoisotopic (exact) mass is 379 g/mol. The molecule has 0 aliphatic carbocycles. The average molecular weight is 380 g/mol. The Hall–Kier alpha value is -2.08. The predicted octanol–water partition coefficient (Wildman–Crippen LogP) is 4.28. The van der Waals surface area contributed by atoms with Crippen molar-refractivity contribution in [3.8, 4) is 0 Å². The van der Waals surface area contributed by atoms with Crippen molar-refractivity contribution >= 4 is 50.0 Å². The van der Waals surface area contributed by atoms with Crippen LogP contribution < -0.4 is 5.56 Å². The van der Waals surface area contributed by atoms with E-state index in [1.165, 1.54) is 18.2 Å². The molecule has 3 rings (SSSR count). The fraction of sp³-hybridized carbons (Fsp3) is 0. The third-order valence-corrected chi connectivity index (χ3v) is 5.39. The van der Waals surface area contributed by atoms with E-state index < -0.39 is 15.4 Å². The van der Waals surface area contributed by atoms with Crippen molar-refractivity contribution in [1.29, 1.82) is 0 Å². The van der Waals surface area contributed by atoms with E-state index in [4.69, 9.17) is 23.2 Å². The maximum absolute atomic E-state index is 12.5. The molecule has 0 saturated heterocycles. The van der Waals surface area contributed by atoms with Gasteiger partial charge in [-0.25, -0.2) is 8.42 Å². The second kappa shape index (κ2) is 6.43. The van der Waals surface area contributed by atoms with E-state index in [2.05, 4.69) is 4.98 Å². The number of rotatable bonds is 3. The number of halogens is 2. The van der Waals surface area contributed by atoms with Gasteiger partial charge >= 0.3 is 0 Å². The van der Waals surface area contributed by atoms with Gasteiger partial charge in [0, 0.05) is 21.0 Å². The Morgan fingerprint density at radius 3 is 2.50 bits per heavy atom. The van der Waals surface area contributed by atoms with E-state index in [9.17, 15) is 13.2 Å². The van der Waals surface area contributed by atoms with Crippen molar-refractivity contribution in [2.45, 2.75) is 4.90 Å². The van der Waals surface area contributed by atoms with Crippen LogP contribution >= 0.6 is 23.2 Å². The minimum absolute atomic E-state index is 0.317. The summed E-state index contributed by atoms with van der Waals surface area (Å²) >= 11 is 11.8. The highest BCUT2D eigenvalue weighted by molar-refractivity contribution is 7.94. The lowest BCUT2D eigenvalue weighted by atomic mass is 10.2. The average Bonchev–Trinajstić information content (AvgIpc) is 2.53. The predicted molar refractivity (Wildman–Crippen MR) is 97.3 cm³/mol. The number of nitrogens with one attached hydrogen (secondary N) is 1. The Kier molecular flexibility index (Phi) is 4.49. The molecule has 0 aliphatic rings. The van der Waals surface area contributed by atoms with E-state index in [0.29, 0.717) is 26.5 Å². The largest absolute Gasteiger partial charge is 0.321 e. The van der Waals surface area contributed by atoms with E-state index in [-0.39, 0.29) is 4.90 Å². The number of H-pyrrole nitrogens is 1. The number of aromatic nitrogens is 1. The molecular formula is C17H11Cl2NO3S. The maximum atomic E-state index is 12.5. The van der Waals surface area contributed by atoms with Gasteiger partial charge in [-0.2, -0.15) is 0 Å². The maximum Gasteiger partial charge on any atom is 0.267 e. The summed E-state index contributed by atoms with van der Waals surface area (Å²) in [6, 6.07) is 13.0. The summed E-state index contributed by atoms with van der Waals surface area (Å²) in [6.45, 7) is 0. The van der Waals surface area contributed by atoms with Gasteiger partial charge < -0.3 is 4.98 Å². The van der Waals surface area contributed by atoms with Gasteiger partial charge in [-0.05, 0) is 41.3 Å². The number of sulfone groups is 1. The van der Waals surface area contributed by atoms with Crippen molar-refractivity contribution < 1.29 is 8.42 Å². The highest BCUT2D eigenvalue weighted by Crippen LogP contribution is 2.23. The SMILES string of the molecule is O=c1[nH]c2ccccc2cc1S(=O)(=O)/C=C\c1ccc(Cl)cc1Cl. The summed E-state index contributed by atoms with van der Waals surface area (Å²) < 4.78 is 24.9. The number of benzene rings is 2. The number of aromatic amines is 1. The zero-order valence-electron chi connectivity index (χ0n) is 12.2. The van der Waals surface area contributed by atoms with Crippen molar-refractivity contribution in [2.75, 3.05) is 0 Å². The van der Waals surface area contributed by atoms with Crippen LogP contribution in [0.1, 0.15) is 5.56 Å². The third kappa shape index (κ3) is 3.38. The third-order valence-electron chi connectivity index (χ3n) is 3.42. The molecule has 2 aromatic carbocycles. The summed E-state index contributed by atoms with van der Waals surface area (Å²) in [6.07, 6.45) is 1.34. The number of hydrogen-bond acceptors (Lipinski definition) is 3. The molecule has 1 N–H and O–H groups in total. The summed E-state index contributed by atoms with van der Waals surface area (Å²) in [5.41, 5.74) is 0.397. The van der Waals surface area contributed by atoms with Crippen molar-refractivity contribution in [1.82, 2.24) is 4.98 Å². The Morgan fingerprint density at radius 2 is 1.75 bits per heavy atom. The van der Waals surface area contributed by atoms with Gasteiger partial charge in [0.2, 0.25) is 9.84 Å². The summed E-state index contributed by atoms with van der Waals surface area (Å²) in [5, 5.41) is 2.36. The van der Waals surface area contributed by atoms with Crippen LogP contribution in [0.4, 0.5) is 0 Å². The summed E-state index contributed by atoms with van der Waals surface area (Å²) in [7, 11) is -3.92. The van der Waals surface area contributed by atoms with Crippen LogP contribution in [0.2, 0.25) is 10.0 Å². The molecule has 0 unspecified atom stereocenters. The normalized spacial score (nSPS) is 12.1. The summed E-state index contributed by atoms with van der Waals surface area (Å²) in [5.74, 6) is 0. The highest BCUT2D eigenvalue weighted by atomic mass is 35.5. The Balaban J connectivity index is 2.06. The first-order chi connectivity index (χ1) is 11.4. The lowest BCUT2D eigenvalue weighted by Gasteiger charge is -2.02. The van der Waals surface area contributed by atoms with Gasteiger partial charge in [0.15, 0.2) is 0 Å². The molecule has 0 atom stereocenters. The van der Waals surface area contributed by atoms with Gasteiger partial charge in [-0.1, -0.05) is 47.5 Å². The molecule has 4 nitrogen and oxygen atoms in total. The van der Waals surface area contributed by atoms with E-state index in [1.54, 1.807) is 36.4 Å². The number of hydrogen-bond donors (Lipinski definition) is 1. The lowest BCUT2D eigenvalue weighted by Crippen LogP contribution is -2.15. The number of para-hydroxylation sites is 1. The minimum Gasteiger partial charge on any atom is -0.321 e. The van der Waals surface area contributed by atoms with E-state index in [1.807, 2.05) is 0 Å². The zero-order valence-corrected chi connectivity index (χ0v) is 14.5. The fourth-order valence-electron chi connectivity index (χ4n) is 2.21. The lowest BCUT2D eigenvalue weighted by molar-refractivity contribution is 0.603. The number of fused-ring (bicyclic) bond motifs is 1. The molecule has 7 heteroatoms. The molecule has 0 bridgehead atoms. The first kappa shape index (κ1) is 16.8. The Bertz CT molecular complexity index is 1120. The zero-order chi connectivity index (χ0) is 17.3. The van der Waals surface area contributed by atoms with E-state index >= 15 is 0 Å². The second-order valence-corrected chi connectivity index (χ2v) is 7.71. The topological polar surface area (TPSA) is 67.0 Å². The molecular weight excluding hydrogens is 369 g/mol. The molecule has 24 heavy (non-hydrogen) atoms. The fourth-order valence-corrected chi connectivity index (χ4v) is 3.76. The van der Waals surface area contributed by atoms with Crippen LogP contribution in [0.15, 0.2) is 63.6 Å². The second-order valence-electron chi connectivity index (χ2n) is 5.06. The van der Waals surface area contributed by atoms with Crippen LogP contribution in [-0.4, -0.2) is 13.4 Å². The van der Waals surface area contributed by atoms with Crippen molar-refractivity contribution in [3.63, 3.8) is 0 Å². The van der Waals surface area contributed by atoms with Crippen molar-refractivity contribution in [3.05, 3.63) is 79.9 Å². The standard InChI is InChI=1S/C17H11Cl2NO3S/c18-13-6-5-11(14(19)10-13)7-8-24(22,23)16-9-12-3-1-2-4-15(12)20-17(16)21/h1-10H,(H,20,21)/b8-7-. The van der Waals surface area contributed by atoms with Gasteiger partial charge in [0.1, 0.15) is 4.90 Å². The Labute approximate surface area is 148 Å². The van der Waals surface area contributed by atoms with E-state index in [0.717, 1.165) is 5.41 Å². The molecule has 3 aromatic rings. The van der Waals surface area contributed by atoms with Crippen LogP contribution in [0.5, 0.6) is 0 Å². The molecule has 1 aromatic heterocycles. The van der Waals surface area contributed by atoms with Crippen LogP contribution in [0.25, 0.3) is 17.0 Å². The van der Waals surface area contributed by atoms with Crippen molar-refractivity contribution in [2.24, 2.45) is 0 Å². The van der Waals surface area contributed by atoms with Crippen LogP contribution in [-0.2, 0) is 9.84 Å². The minimum atomic E-state index is -3.92. The molecule has 122 valence electrons. The first-order valence-corrected chi connectivity index (χ1v) is 9.17. The molecule has 0 spiro atoms. The highest BCUT2D eigenvalue weighted by Gasteiger charge is 2.16. The molecule has 1 heterocycles. The number of pyridine rings is 1. The molecule has 0 aliphatic heterocycles. The molecule has 0 saturated carbocycles. The smallest absolute Gasteiger partial charge is 0.267 e. The Morgan fingerprint density at radius 1 is 1.00 bits per heavy atom. The van der Waals surface area contributed by atoms with Gasteiger partial charge in [0.25, 0.3) is 5.56 Å². The van der Waals surface area contributed by atoms with Gasteiger partial charge in [-0.3, -0.25) is 4.79 Å². The first-order valence-electron chi connectivity index (χ1n) is 6.87. The molecule has 0 amide bonds. The summed E-state index contributed by atoms with van der Waals surface area (Å²) in [4.78, 5) is 14.3. The molecule has 0 fully saturated rings. The van der Waals surface area contributed by atoms with Gasteiger partial charge in [-0.15, -0.1) is 0 Å². The van der Waals surface area contributed by atoms with Gasteiger partial charge in [0.05, 0.1) is 0 Å². The van der Waals surface area contributed by atoms with Crippen LogP contribution in [0, 0.1) is 0 Å². The van der Waals surface area contributed by atoms with Crippen LogP contribution in [0.3, 0.4) is 0 Å². The molecule has 0 radical (unpaired) electrons.